The van der Waals surface area contributed by atoms with Crippen molar-refractivity contribution >= 4 is 11.6 Å². The van der Waals surface area contributed by atoms with Gasteiger partial charge < -0.3 is 9.88 Å². The first-order valence-corrected chi connectivity index (χ1v) is 4.00. The summed E-state index contributed by atoms with van der Waals surface area (Å²) in [6.07, 6.45) is 7.13. The maximum Gasteiger partial charge on any atom is 0.207 e. The minimum Gasteiger partial charge on any atom is -0.324 e. The highest BCUT2D eigenvalue weighted by molar-refractivity contribution is 5.51. The Morgan fingerprint density at radius 3 is 2.92 bits per heavy atom. The molecule has 0 aliphatic carbocycles. The van der Waals surface area contributed by atoms with E-state index in [0.29, 0.717) is 0 Å². The van der Waals surface area contributed by atoms with Crippen LogP contribution in [0.2, 0.25) is 0 Å². The second-order valence-electron chi connectivity index (χ2n) is 2.73. The van der Waals surface area contributed by atoms with Crippen LogP contribution in [0.1, 0.15) is 0 Å². The second-order valence-corrected chi connectivity index (χ2v) is 2.73. The summed E-state index contributed by atoms with van der Waals surface area (Å²) in [6, 6.07) is 3.83. The van der Waals surface area contributed by atoms with Crippen LogP contribution in [0.15, 0.2) is 36.9 Å². The number of hydrogen-bond acceptors (Lipinski definition) is 3. The molecule has 2 aromatic heterocycles. The summed E-state index contributed by atoms with van der Waals surface area (Å²) in [4.78, 5) is 8.13. The zero-order valence-corrected chi connectivity index (χ0v) is 7.31. The van der Waals surface area contributed by atoms with Gasteiger partial charge in [0.15, 0.2) is 0 Å². The Kier molecular flexibility index (Phi) is 1.96. The van der Waals surface area contributed by atoms with E-state index in [2.05, 4.69) is 15.3 Å². The molecule has 0 fully saturated rings. The molecule has 1 N–H and O–H groups in total. The Morgan fingerprint density at radius 2 is 2.31 bits per heavy atom. The first kappa shape index (κ1) is 7.79. The standard InChI is InChI=1S/C9H10N4/c1-13-6-5-11-9(13)12-8-3-2-4-10-7-8/h2-7H,1H3,(H,11,12). The lowest BCUT2D eigenvalue weighted by Gasteiger charge is -2.03. The Balaban J connectivity index is 2.20. The molecule has 4 heteroatoms. The molecule has 0 amide bonds. The highest BCUT2D eigenvalue weighted by Gasteiger charge is 1.97. The van der Waals surface area contributed by atoms with Crippen LogP contribution < -0.4 is 5.32 Å². The van der Waals surface area contributed by atoms with E-state index in [1.165, 1.54) is 0 Å². The van der Waals surface area contributed by atoms with Gasteiger partial charge in [-0.2, -0.15) is 0 Å². The van der Waals surface area contributed by atoms with Gasteiger partial charge in [-0.15, -0.1) is 0 Å². The Hall–Kier alpha value is -1.84. The highest BCUT2D eigenvalue weighted by atomic mass is 15.2. The zero-order chi connectivity index (χ0) is 9.10. The van der Waals surface area contributed by atoms with Gasteiger partial charge >= 0.3 is 0 Å². The molecule has 4 nitrogen and oxygen atoms in total. The molecule has 66 valence electrons. The van der Waals surface area contributed by atoms with Gasteiger partial charge in [-0.1, -0.05) is 0 Å². The SMILES string of the molecule is Cn1ccnc1Nc1cccnc1. The van der Waals surface area contributed by atoms with Gasteiger partial charge in [0.25, 0.3) is 0 Å². The van der Waals surface area contributed by atoms with Crippen molar-refractivity contribution in [2.45, 2.75) is 0 Å². The first-order valence-electron chi connectivity index (χ1n) is 4.00. The fourth-order valence-corrected chi connectivity index (χ4v) is 1.05. The molecule has 0 radical (unpaired) electrons. The molecule has 0 aliphatic rings. The molecule has 2 aromatic rings. The second kappa shape index (κ2) is 3.26. The van der Waals surface area contributed by atoms with Crippen LogP contribution in [0.4, 0.5) is 11.6 Å². The summed E-state index contributed by atoms with van der Waals surface area (Å²) in [5.41, 5.74) is 0.941. The average molecular weight is 174 g/mol. The summed E-state index contributed by atoms with van der Waals surface area (Å²) in [5, 5.41) is 3.14. The van der Waals surface area contributed by atoms with Crippen LogP contribution >= 0.6 is 0 Å². The summed E-state index contributed by atoms with van der Waals surface area (Å²) < 4.78 is 1.91. The molecule has 0 unspecified atom stereocenters. The molecule has 0 atom stereocenters. The molecular weight excluding hydrogens is 164 g/mol. The van der Waals surface area contributed by atoms with Crippen LogP contribution in [0.3, 0.4) is 0 Å². The molecule has 0 saturated heterocycles. The smallest absolute Gasteiger partial charge is 0.207 e. The van der Waals surface area contributed by atoms with Crippen molar-refractivity contribution in [3.63, 3.8) is 0 Å². The molecule has 0 bridgehead atoms. The number of anilines is 2. The van der Waals surface area contributed by atoms with Gasteiger partial charge in [-0.3, -0.25) is 4.98 Å². The summed E-state index contributed by atoms with van der Waals surface area (Å²) in [7, 11) is 1.94. The van der Waals surface area contributed by atoms with Gasteiger partial charge in [0.1, 0.15) is 0 Å². The van der Waals surface area contributed by atoms with E-state index in [9.17, 15) is 0 Å². The van der Waals surface area contributed by atoms with Gasteiger partial charge in [-0.05, 0) is 12.1 Å². The largest absolute Gasteiger partial charge is 0.324 e. The van der Waals surface area contributed by atoms with Crippen molar-refractivity contribution in [3.8, 4) is 0 Å². The van der Waals surface area contributed by atoms with E-state index in [4.69, 9.17) is 0 Å². The lowest BCUT2D eigenvalue weighted by molar-refractivity contribution is 0.924. The Bertz CT molecular complexity index is 380. The lowest BCUT2D eigenvalue weighted by Crippen LogP contribution is -1.98. The Labute approximate surface area is 76.3 Å². The van der Waals surface area contributed by atoms with Crippen molar-refractivity contribution in [3.05, 3.63) is 36.9 Å². The van der Waals surface area contributed by atoms with E-state index in [1.807, 2.05) is 29.9 Å². The molecular formula is C9H10N4. The van der Waals surface area contributed by atoms with E-state index in [0.717, 1.165) is 11.6 Å². The molecule has 2 heterocycles. The number of aromatic nitrogens is 3. The summed E-state index contributed by atoms with van der Waals surface area (Å²) >= 11 is 0. The highest BCUT2D eigenvalue weighted by Crippen LogP contribution is 2.11. The number of nitrogens with zero attached hydrogens (tertiary/aromatic N) is 3. The third-order valence-electron chi connectivity index (χ3n) is 1.74. The molecule has 2 rings (SSSR count). The predicted octanol–water partition coefficient (Wildman–Crippen LogP) is 1.56. The fraction of sp³-hybridized carbons (Fsp3) is 0.111. The minimum absolute atomic E-state index is 0.813. The van der Waals surface area contributed by atoms with Crippen molar-refractivity contribution < 1.29 is 0 Å². The average Bonchev–Trinajstić information content (AvgIpc) is 2.54. The summed E-state index contributed by atoms with van der Waals surface area (Å²) in [6.45, 7) is 0. The van der Waals surface area contributed by atoms with Gasteiger partial charge in [0.2, 0.25) is 5.95 Å². The number of hydrogen-bond donors (Lipinski definition) is 1. The number of pyridine rings is 1. The van der Waals surface area contributed by atoms with E-state index < -0.39 is 0 Å². The van der Waals surface area contributed by atoms with E-state index in [-0.39, 0.29) is 0 Å². The summed E-state index contributed by atoms with van der Waals surface area (Å²) in [5.74, 6) is 0.813. The van der Waals surface area contributed by atoms with E-state index >= 15 is 0 Å². The molecule has 0 aliphatic heterocycles. The zero-order valence-electron chi connectivity index (χ0n) is 7.31. The van der Waals surface area contributed by atoms with Crippen molar-refractivity contribution in [1.82, 2.24) is 14.5 Å². The number of imidazole rings is 1. The third kappa shape index (κ3) is 1.66. The van der Waals surface area contributed by atoms with Crippen molar-refractivity contribution in [2.24, 2.45) is 7.05 Å². The maximum absolute atomic E-state index is 4.14. The van der Waals surface area contributed by atoms with Crippen LogP contribution in [0.5, 0.6) is 0 Å². The molecule has 13 heavy (non-hydrogen) atoms. The van der Waals surface area contributed by atoms with Crippen LogP contribution in [-0.4, -0.2) is 14.5 Å². The molecule has 0 spiro atoms. The number of nitrogens with one attached hydrogen (secondary N) is 1. The van der Waals surface area contributed by atoms with E-state index in [1.54, 1.807) is 18.6 Å². The van der Waals surface area contributed by atoms with Crippen LogP contribution in [-0.2, 0) is 7.05 Å². The monoisotopic (exact) mass is 174 g/mol. The first-order chi connectivity index (χ1) is 6.36. The van der Waals surface area contributed by atoms with Crippen LogP contribution in [0.25, 0.3) is 0 Å². The quantitative estimate of drug-likeness (QED) is 0.751. The van der Waals surface area contributed by atoms with Crippen molar-refractivity contribution in [1.29, 1.82) is 0 Å². The normalized spacial score (nSPS) is 9.92. The Morgan fingerprint density at radius 1 is 1.38 bits per heavy atom. The van der Waals surface area contributed by atoms with Gasteiger partial charge in [0, 0.05) is 25.6 Å². The number of aryl methyl sites for hydroxylation is 1. The lowest BCUT2D eigenvalue weighted by atomic mass is 10.4. The maximum atomic E-state index is 4.14. The van der Waals surface area contributed by atoms with Crippen molar-refractivity contribution in [2.75, 3.05) is 5.32 Å². The van der Waals surface area contributed by atoms with Crippen LogP contribution in [0, 0.1) is 0 Å². The van der Waals surface area contributed by atoms with Gasteiger partial charge in [-0.25, -0.2) is 4.98 Å². The van der Waals surface area contributed by atoms with Gasteiger partial charge in [0.05, 0.1) is 11.9 Å². The minimum atomic E-state index is 0.813. The third-order valence-corrected chi connectivity index (χ3v) is 1.74. The predicted molar refractivity (Wildman–Crippen MR) is 50.7 cm³/mol. The molecule has 0 saturated carbocycles. The molecule has 0 aromatic carbocycles. The fourth-order valence-electron chi connectivity index (χ4n) is 1.05. The number of rotatable bonds is 2. The topological polar surface area (TPSA) is 42.7 Å².